The average Bonchev–Trinajstić information content (AvgIpc) is 3.08. The number of carbonyl (C=O) groups excluding carboxylic acids is 5. The zero-order valence-corrected chi connectivity index (χ0v) is 25.1. The predicted octanol–water partition coefficient (Wildman–Crippen LogP) is 4.75. The Kier molecular flexibility index (Phi) is 8.70. The van der Waals surface area contributed by atoms with E-state index >= 15 is 0 Å². The van der Waals surface area contributed by atoms with Crippen LogP contribution in [0.5, 0.6) is 0 Å². The van der Waals surface area contributed by atoms with Crippen LogP contribution in [0.3, 0.4) is 0 Å². The number of piperidine rings is 1. The molecular weight excluding hydrogens is 480 g/mol. The second-order valence-electron chi connectivity index (χ2n) is 14.9. The molecule has 1 saturated heterocycles. The van der Waals surface area contributed by atoms with Crippen molar-refractivity contribution in [2.24, 2.45) is 40.4 Å². The zero-order valence-electron chi connectivity index (χ0n) is 25.1. The maximum absolute atomic E-state index is 14.1. The standard InChI is InChI=1S/C31H50N2O5/c1-10-22(34)27(37)19(14-18-12-11-13-18)15-23(35)26-25-21(31(25,8)9)17-33(26)28(38)20(29(2,3)4)16-24(36)32-30(5,6)7/h18-21,25-26H,10-17H2,1-9H3,(H,32,36)/t19?,20-,21+,25+,26-/m1/s1. The number of hydrogen-bond acceptors (Lipinski definition) is 5. The largest absolute Gasteiger partial charge is 0.351 e. The molecule has 5 atom stereocenters. The number of ketones is 3. The van der Waals surface area contributed by atoms with Crippen LogP contribution in [0.25, 0.3) is 0 Å². The highest BCUT2D eigenvalue weighted by molar-refractivity contribution is 6.38. The summed E-state index contributed by atoms with van der Waals surface area (Å²) in [4.78, 5) is 67.9. The first-order valence-corrected chi connectivity index (χ1v) is 14.6. The van der Waals surface area contributed by atoms with Crippen molar-refractivity contribution in [3.8, 4) is 0 Å². The normalized spacial score (nSPS) is 26.1. The van der Waals surface area contributed by atoms with Gasteiger partial charge < -0.3 is 10.2 Å². The smallest absolute Gasteiger partial charge is 0.227 e. The molecule has 3 aliphatic rings. The lowest BCUT2D eigenvalue weighted by Crippen LogP contribution is -2.52. The summed E-state index contributed by atoms with van der Waals surface area (Å²) in [6.45, 7) is 18.1. The van der Waals surface area contributed by atoms with Crippen LogP contribution >= 0.6 is 0 Å². The van der Waals surface area contributed by atoms with Crippen molar-refractivity contribution in [2.75, 3.05) is 6.54 Å². The Morgan fingerprint density at radius 1 is 0.974 bits per heavy atom. The number of Topliss-reactive ketones (excluding diaryl/α,β-unsaturated/α-hetero) is 3. The highest BCUT2D eigenvalue weighted by atomic mass is 16.2. The van der Waals surface area contributed by atoms with Gasteiger partial charge in [-0.05, 0) is 55.8 Å². The lowest BCUT2D eigenvalue weighted by atomic mass is 9.75. The summed E-state index contributed by atoms with van der Waals surface area (Å²) < 4.78 is 0. The number of fused-ring (bicyclic) bond motifs is 1. The van der Waals surface area contributed by atoms with Crippen LogP contribution in [0.2, 0.25) is 0 Å². The third kappa shape index (κ3) is 6.56. The maximum Gasteiger partial charge on any atom is 0.227 e. The first-order chi connectivity index (χ1) is 17.4. The molecule has 0 bridgehead atoms. The Morgan fingerprint density at radius 3 is 2.05 bits per heavy atom. The van der Waals surface area contributed by atoms with Crippen LogP contribution in [0.1, 0.15) is 107 Å². The molecule has 0 spiro atoms. The summed E-state index contributed by atoms with van der Waals surface area (Å²) >= 11 is 0. The van der Waals surface area contributed by atoms with Crippen molar-refractivity contribution in [1.29, 1.82) is 0 Å². The van der Waals surface area contributed by atoms with Crippen molar-refractivity contribution in [1.82, 2.24) is 10.2 Å². The molecule has 1 unspecified atom stereocenters. The molecule has 2 saturated carbocycles. The van der Waals surface area contributed by atoms with Gasteiger partial charge in [-0.3, -0.25) is 24.0 Å². The van der Waals surface area contributed by atoms with Gasteiger partial charge in [0.1, 0.15) is 0 Å². The first-order valence-electron chi connectivity index (χ1n) is 14.6. The van der Waals surface area contributed by atoms with Crippen molar-refractivity contribution in [3.05, 3.63) is 0 Å². The van der Waals surface area contributed by atoms with Crippen molar-refractivity contribution in [3.63, 3.8) is 0 Å². The number of amides is 2. The molecule has 1 aliphatic heterocycles. The molecule has 214 valence electrons. The van der Waals surface area contributed by atoms with E-state index in [9.17, 15) is 24.0 Å². The van der Waals surface area contributed by atoms with Gasteiger partial charge in [-0.2, -0.15) is 0 Å². The number of carbonyl (C=O) groups is 5. The lowest BCUT2D eigenvalue weighted by molar-refractivity contribution is -0.148. The topological polar surface area (TPSA) is 101 Å². The third-order valence-corrected chi connectivity index (χ3v) is 9.33. The molecule has 2 aliphatic carbocycles. The summed E-state index contributed by atoms with van der Waals surface area (Å²) in [5.74, 6) is -1.80. The molecule has 1 N–H and O–H groups in total. The van der Waals surface area contributed by atoms with E-state index in [-0.39, 0.29) is 54.1 Å². The van der Waals surface area contributed by atoms with E-state index in [2.05, 4.69) is 19.2 Å². The van der Waals surface area contributed by atoms with Gasteiger partial charge in [-0.25, -0.2) is 0 Å². The van der Waals surface area contributed by atoms with E-state index in [1.54, 1.807) is 11.8 Å². The molecule has 3 rings (SSSR count). The van der Waals surface area contributed by atoms with E-state index in [4.69, 9.17) is 0 Å². The summed E-state index contributed by atoms with van der Waals surface area (Å²) in [5, 5.41) is 2.97. The SMILES string of the molecule is CCC(=O)C(=O)C(CC(=O)[C@@H]1[C@@H]2[C@H](CN1C(=O)[C@@H](CC(=O)NC(C)(C)C)C(C)(C)C)C2(C)C)CC1CCC1. The minimum absolute atomic E-state index is 0.0134. The predicted molar refractivity (Wildman–Crippen MR) is 147 cm³/mol. The van der Waals surface area contributed by atoms with E-state index in [1.165, 1.54) is 0 Å². The minimum atomic E-state index is -0.605. The minimum Gasteiger partial charge on any atom is -0.351 e. The van der Waals surface area contributed by atoms with E-state index in [0.29, 0.717) is 18.9 Å². The van der Waals surface area contributed by atoms with Crippen molar-refractivity contribution in [2.45, 2.75) is 119 Å². The highest BCUT2D eigenvalue weighted by Gasteiger charge is 2.69. The molecule has 0 radical (unpaired) electrons. The highest BCUT2D eigenvalue weighted by Crippen LogP contribution is 2.65. The van der Waals surface area contributed by atoms with E-state index in [1.807, 2.05) is 41.5 Å². The fourth-order valence-corrected chi connectivity index (χ4v) is 6.68. The first kappa shape index (κ1) is 30.5. The molecule has 7 heteroatoms. The Hall–Kier alpha value is -2.05. The molecule has 7 nitrogen and oxygen atoms in total. The molecule has 2 amide bonds. The lowest BCUT2D eigenvalue weighted by Gasteiger charge is -2.38. The number of hydrogen-bond donors (Lipinski definition) is 1. The molecule has 0 aromatic heterocycles. The summed E-state index contributed by atoms with van der Waals surface area (Å²) in [7, 11) is 0. The third-order valence-electron chi connectivity index (χ3n) is 9.33. The second-order valence-corrected chi connectivity index (χ2v) is 14.9. The Morgan fingerprint density at radius 2 is 1.58 bits per heavy atom. The van der Waals surface area contributed by atoms with Crippen molar-refractivity contribution >= 4 is 29.2 Å². The van der Waals surface area contributed by atoms with Gasteiger partial charge in [-0.1, -0.05) is 60.8 Å². The Labute approximate surface area is 229 Å². The van der Waals surface area contributed by atoms with Crippen LogP contribution in [0.15, 0.2) is 0 Å². The molecular formula is C31H50N2O5. The maximum atomic E-state index is 14.1. The fraction of sp³-hybridized carbons (Fsp3) is 0.839. The van der Waals surface area contributed by atoms with Gasteiger partial charge in [-0.15, -0.1) is 0 Å². The Bertz CT molecular complexity index is 966. The number of nitrogens with one attached hydrogen (secondary N) is 1. The van der Waals surface area contributed by atoms with Gasteiger partial charge in [0.2, 0.25) is 17.6 Å². The van der Waals surface area contributed by atoms with Crippen molar-refractivity contribution < 1.29 is 24.0 Å². The van der Waals surface area contributed by atoms with E-state index < -0.39 is 40.4 Å². The number of nitrogens with zero attached hydrogens (tertiary/aromatic N) is 1. The van der Waals surface area contributed by atoms with Gasteiger partial charge in [0, 0.05) is 37.3 Å². The van der Waals surface area contributed by atoms with E-state index in [0.717, 1.165) is 19.3 Å². The summed E-state index contributed by atoms with van der Waals surface area (Å²) in [6, 6.07) is -0.605. The van der Waals surface area contributed by atoms with Gasteiger partial charge in [0.05, 0.1) is 12.0 Å². The van der Waals surface area contributed by atoms with Gasteiger partial charge in [0.15, 0.2) is 11.6 Å². The zero-order chi connectivity index (χ0) is 28.8. The van der Waals surface area contributed by atoms with Crippen LogP contribution in [0, 0.1) is 40.4 Å². The van der Waals surface area contributed by atoms with Crippen LogP contribution < -0.4 is 5.32 Å². The quantitative estimate of drug-likeness (QED) is 0.389. The van der Waals surface area contributed by atoms with Crippen LogP contribution in [0.4, 0.5) is 0 Å². The van der Waals surface area contributed by atoms with Gasteiger partial charge >= 0.3 is 0 Å². The van der Waals surface area contributed by atoms with Crippen LogP contribution in [-0.2, 0) is 24.0 Å². The molecule has 0 aromatic carbocycles. The second kappa shape index (κ2) is 10.8. The number of likely N-dealkylation sites (tertiary alicyclic amines) is 1. The van der Waals surface area contributed by atoms with Crippen LogP contribution in [-0.4, -0.2) is 52.2 Å². The Balaban J connectivity index is 1.84. The molecule has 0 aromatic rings. The fourth-order valence-electron chi connectivity index (χ4n) is 6.68. The molecule has 1 heterocycles. The monoisotopic (exact) mass is 530 g/mol. The number of rotatable bonds is 11. The molecule has 38 heavy (non-hydrogen) atoms. The summed E-state index contributed by atoms with van der Waals surface area (Å²) in [5.41, 5.74) is -0.929. The molecule has 3 fully saturated rings. The average molecular weight is 531 g/mol. The summed E-state index contributed by atoms with van der Waals surface area (Å²) in [6.07, 6.45) is 3.99. The van der Waals surface area contributed by atoms with Gasteiger partial charge in [0.25, 0.3) is 0 Å².